The summed E-state index contributed by atoms with van der Waals surface area (Å²) in [5, 5.41) is 5.14. The number of para-hydroxylation sites is 2. The van der Waals surface area contributed by atoms with E-state index in [0.717, 1.165) is 34.1 Å². The second-order valence-electron chi connectivity index (χ2n) is 20.0. The summed E-state index contributed by atoms with van der Waals surface area (Å²) in [5.41, 5.74) is 18.2. The maximum atomic E-state index is 2.49. The van der Waals surface area contributed by atoms with E-state index in [4.69, 9.17) is 0 Å². The summed E-state index contributed by atoms with van der Waals surface area (Å²) in [6, 6.07) is 108. The number of hydrogen-bond acceptors (Lipinski definition) is 4. The second-order valence-corrected chi connectivity index (χ2v) is 22.1. The van der Waals surface area contributed by atoms with Crippen molar-refractivity contribution in [2.24, 2.45) is 0 Å². The highest BCUT2D eigenvalue weighted by atomic mass is 32.1. The average molecular weight is 1020 g/mol. The Morgan fingerprint density at radius 2 is 0.675 bits per heavy atom. The SMILES string of the molecule is c1ccc(-c2ccc(C3(c4ccccc4)c4cc(N(c5ccccc5)c5ccc6sc7ccccc7c6c5)ccc4-c4c(-c5ccc(N(c6ccccc6)c6ccc7sc8ccccc8c7c6)cc5)cccc43)cc2)cc1. The molecule has 0 N–H and O–H groups in total. The monoisotopic (exact) mass is 1020 g/mol. The highest BCUT2D eigenvalue weighted by Gasteiger charge is 2.47. The van der Waals surface area contributed by atoms with Gasteiger partial charge >= 0.3 is 0 Å². The van der Waals surface area contributed by atoms with Crippen molar-refractivity contribution in [3.63, 3.8) is 0 Å². The number of hydrogen-bond donors (Lipinski definition) is 0. The molecule has 1 aliphatic carbocycles. The molecule has 14 aromatic rings. The van der Waals surface area contributed by atoms with Gasteiger partial charge in [-0.1, -0.05) is 194 Å². The Hall–Kier alpha value is -9.32. The van der Waals surface area contributed by atoms with Gasteiger partial charge in [0, 0.05) is 74.5 Å². The van der Waals surface area contributed by atoms with E-state index < -0.39 is 5.41 Å². The molecule has 15 rings (SSSR count). The molecule has 0 amide bonds. The zero-order valence-electron chi connectivity index (χ0n) is 41.9. The van der Waals surface area contributed by atoms with Crippen molar-refractivity contribution in [2.45, 2.75) is 5.41 Å². The van der Waals surface area contributed by atoms with E-state index in [9.17, 15) is 0 Å². The second kappa shape index (κ2) is 18.5. The summed E-state index contributed by atoms with van der Waals surface area (Å²) >= 11 is 3.71. The number of rotatable bonds is 10. The lowest BCUT2D eigenvalue weighted by Gasteiger charge is -2.35. The van der Waals surface area contributed by atoms with E-state index >= 15 is 0 Å². The minimum atomic E-state index is -0.669. The summed E-state index contributed by atoms with van der Waals surface area (Å²) < 4.78 is 5.19. The van der Waals surface area contributed by atoms with Gasteiger partial charge in [-0.05, 0) is 153 Å². The first kappa shape index (κ1) is 45.1. The summed E-state index contributed by atoms with van der Waals surface area (Å²) in [7, 11) is 0. The third kappa shape index (κ3) is 7.44. The molecule has 0 aliphatic heterocycles. The minimum Gasteiger partial charge on any atom is -0.310 e. The van der Waals surface area contributed by atoms with Crippen molar-refractivity contribution in [1.29, 1.82) is 0 Å². The predicted octanol–water partition coefficient (Wildman–Crippen LogP) is 21.1. The van der Waals surface area contributed by atoms with Crippen LogP contribution in [0.3, 0.4) is 0 Å². The van der Waals surface area contributed by atoms with Gasteiger partial charge in [0.1, 0.15) is 0 Å². The molecular formula is C73H48N2S2. The quantitative estimate of drug-likeness (QED) is 0.135. The lowest BCUT2D eigenvalue weighted by atomic mass is 9.67. The van der Waals surface area contributed by atoms with Crippen molar-refractivity contribution in [1.82, 2.24) is 0 Å². The molecule has 2 nitrogen and oxygen atoms in total. The number of benzene rings is 12. The molecule has 1 atom stereocenters. The van der Waals surface area contributed by atoms with Crippen LogP contribution in [0.1, 0.15) is 22.3 Å². The summed E-state index contributed by atoms with van der Waals surface area (Å²) in [5.74, 6) is 0. The summed E-state index contributed by atoms with van der Waals surface area (Å²) in [4.78, 5) is 4.83. The molecule has 0 bridgehead atoms. The van der Waals surface area contributed by atoms with Gasteiger partial charge in [-0.3, -0.25) is 0 Å². The first-order valence-electron chi connectivity index (χ1n) is 26.3. The van der Waals surface area contributed by atoms with E-state index in [1.807, 2.05) is 22.7 Å². The zero-order chi connectivity index (χ0) is 50.9. The van der Waals surface area contributed by atoms with Gasteiger partial charge in [-0.25, -0.2) is 0 Å². The van der Waals surface area contributed by atoms with E-state index in [-0.39, 0.29) is 0 Å². The van der Waals surface area contributed by atoms with Gasteiger partial charge < -0.3 is 9.80 Å². The molecule has 0 radical (unpaired) electrons. The molecule has 4 heteroatoms. The smallest absolute Gasteiger partial charge is 0.0714 e. The molecule has 2 heterocycles. The Morgan fingerprint density at radius 3 is 1.27 bits per heavy atom. The fraction of sp³-hybridized carbons (Fsp3) is 0.0137. The number of nitrogens with zero attached hydrogens (tertiary/aromatic N) is 2. The van der Waals surface area contributed by atoms with Gasteiger partial charge in [0.2, 0.25) is 0 Å². The van der Waals surface area contributed by atoms with Crippen LogP contribution in [0.4, 0.5) is 34.1 Å². The van der Waals surface area contributed by atoms with E-state index in [2.05, 4.69) is 301 Å². The third-order valence-electron chi connectivity index (χ3n) is 15.7. The maximum Gasteiger partial charge on any atom is 0.0714 e. The number of anilines is 6. The molecule has 12 aromatic carbocycles. The van der Waals surface area contributed by atoms with Crippen LogP contribution in [-0.2, 0) is 5.41 Å². The predicted molar refractivity (Wildman–Crippen MR) is 330 cm³/mol. The largest absolute Gasteiger partial charge is 0.310 e. The highest BCUT2D eigenvalue weighted by molar-refractivity contribution is 7.26. The van der Waals surface area contributed by atoms with Gasteiger partial charge in [0.25, 0.3) is 0 Å². The Kier molecular flexibility index (Phi) is 10.8. The van der Waals surface area contributed by atoms with Crippen molar-refractivity contribution < 1.29 is 0 Å². The molecule has 77 heavy (non-hydrogen) atoms. The number of thiophene rings is 2. The summed E-state index contributed by atoms with van der Waals surface area (Å²) in [6.07, 6.45) is 0. The van der Waals surface area contributed by atoms with E-state index in [0.29, 0.717) is 0 Å². The lowest BCUT2D eigenvalue weighted by Crippen LogP contribution is -2.28. The highest BCUT2D eigenvalue weighted by Crippen LogP contribution is 2.60. The molecular weight excluding hydrogens is 969 g/mol. The van der Waals surface area contributed by atoms with Gasteiger partial charge in [-0.2, -0.15) is 0 Å². The van der Waals surface area contributed by atoms with Crippen LogP contribution in [0.25, 0.3) is 73.7 Å². The molecule has 0 saturated carbocycles. The van der Waals surface area contributed by atoms with Gasteiger partial charge in [0.15, 0.2) is 0 Å². The number of fused-ring (bicyclic) bond motifs is 9. The van der Waals surface area contributed by atoms with Crippen LogP contribution in [-0.4, -0.2) is 0 Å². The standard InChI is InChI=1S/C73H48N2S2/c1-5-18-49(19-6-1)50-32-36-53(37-33-50)73(52-20-7-2-8-21-52)66-29-17-28-60(51-34-38-56(39-35-51)74(54-22-9-3-10-23-54)57-41-44-70-64(46-57)61-26-13-15-30-68(61)76-70)72(66)63-43-40-59(48-67(63)73)75(55-24-11-4-12-25-55)58-42-45-71-65(47-58)62-27-14-16-31-69(62)77-71/h1-48H. The maximum absolute atomic E-state index is 2.49. The van der Waals surface area contributed by atoms with Crippen molar-refractivity contribution in [3.8, 4) is 33.4 Å². The van der Waals surface area contributed by atoms with Crippen LogP contribution >= 0.6 is 22.7 Å². The van der Waals surface area contributed by atoms with Gasteiger partial charge in [-0.15, -0.1) is 22.7 Å². The molecule has 1 unspecified atom stereocenters. The topological polar surface area (TPSA) is 6.48 Å². The van der Waals surface area contributed by atoms with Crippen LogP contribution in [0.2, 0.25) is 0 Å². The Balaban J connectivity index is 0.932. The minimum absolute atomic E-state index is 0.669. The normalized spacial score (nSPS) is 13.8. The van der Waals surface area contributed by atoms with Crippen LogP contribution in [0.5, 0.6) is 0 Å². The fourth-order valence-electron chi connectivity index (χ4n) is 12.3. The molecule has 1 aliphatic rings. The van der Waals surface area contributed by atoms with Crippen molar-refractivity contribution >= 4 is 97.1 Å². The van der Waals surface area contributed by atoms with Crippen LogP contribution < -0.4 is 9.80 Å². The van der Waals surface area contributed by atoms with Gasteiger partial charge in [0.05, 0.1) is 5.41 Å². The first-order valence-corrected chi connectivity index (χ1v) is 27.9. The van der Waals surface area contributed by atoms with Crippen molar-refractivity contribution in [3.05, 3.63) is 313 Å². The molecule has 0 saturated heterocycles. The third-order valence-corrected chi connectivity index (χ3v) is 18.0. The van der Waals surface area contributed by atoms with E-state index in [1.165, 1.54) is 96.0 Å². The zero-order valence-corrected chi connectivity index (χ0v) is 43.6. The van der Waals surface area contributed by atoms with Crippen LogP contribution in [0, 0.1) is 0 Å². The Morgan fingerprint density at radius 1 is 0.247 bits per heavy atom. The molecule has 0 fully saturated rings. The first-order chi connectivity index (χ1) is 38.2. The Labute approximate surface area is 456 Å². The summed E-state index contributed by atoms with van der Waals surface area (Å²) in [6.45, 7) is 0. The van der Waals surface area contributed by atoms with E-state index in [1.54, 1.807) is 0 Å². The van der Waals surface area contributed by atoms with Crippen molar-refractivity contribution in [2.75, 3.05) is 9.80 Å². The van der Waals surface area contributed by atoms with Crippen LogP contribution in [0.15, 0.2) is 291 Å². The Bertz CT molecular complexity index is 4490. The average Bonchev–Trinajstić information content (AvgIpc) is 4.24. The lowest BCUT2D eigenvalue weighted by molar-refractivity contribution is 0.768. The fourth-order valence-corrected chi connectivity index (χ4v) is 14.5. The molecule has 0 spiro atoms. The molecule has 2 aromatic heterocycles. The molecule has 362 valence electrons.